The molecule has 0 radical (unpaired) electrons. The number of fused-ring (bicyclic) bond motifs is 1. The summed E-state index contributed by atoms with van der Waals surface area (Å²) in [6.45, 7) is 0.349. The van der Waals surface area contributed by atoms with Crippen molar-refractivity contribution in [1.29, 1.82) is 0 Å². The smallest absolute Gasteiger partial charge is 0.319 e. The summed E-state index contributed by atoms with van der Waals surface area (Å²) in [6.07, 6.45) is 5.78. The fourth-order valence-corrected chi connectivity index (χ4v) is 3.18. The normalized spacial score (nSPS) is 14.8. The quantitative estimate of drug-likeness (QED) is 0.901. The molecular weight excluding hydrogens is 314 g/mol. The van der Waals surface area contributed by atoms with Crippen LogP contribution in [-0.2, 0) is 30.2 Å². The van der Waals surface area contributed by atoms with Gasteiger partial charge in [0.25, 0.3) is 0 Å². The molecule has 0 unspecified atom stereocenters. The van der Waals surface area contributed by atoms with Gasteiger partial charge in [-0.1, -0.05) is 5.16 Å². The summed E-state index contributed by atoms with van der Waals surface area (Å²) in [5, 5.41) is 9.59. The zero-order valence-corrected chi connectivity index (χ0v) is 13.7. The summed E-state index contributed by atoms with van der Waals surface area (Å²) in [6, 6.07) is 6.63. The molecule has 2 aromatic rings. The Balaban J connectivity index is 1.55. The lowest BCUT2D eigenvalue weighted by Gasteiger charge is -2.10. The average molecular weight is 333 g/mol. The van der Waals surface area contributed by atoms with Crippen LogP contribution in [0.1, 0.15) is 29.9 Å². The summed E-state index contributed by atoms with van der Waals surface area (Å²) in [5.74, 6) is 0.955. The number of hydrogen-bond donors (Lipinski definition) is 2. The fraction of sp³-hybridized carbons (Fsp3) is 0.375. The number of nitrogens with zero attached hydrogens (tertiary/aromatic N) is 1. The van der Waals surface area contributed by atoms with Crippen molar-refractivity contribution in [3.63, 3.8) is 0 Å². The minimum Gasteiger partial charge on any atom is -0.361 e. The fourth-order valence-electron chi connectivity index (χ4n) is 2.66. The van der Waals surface area contributed by atoms with E-state index < -0.39 is 10.8 Å². The molecule has 1 aliphatic carbocycles. The van der Waals surface area contributed by atoms with Crippen LogP contribution in [-0.4, -0.2) is 21.7 Å². The van der Waals surface area contributed by atoms with Gasteiger partial charge in [0, 0.05) is 39.6 Å². The van der Waals surface area contributed by atoms with Crippen molar-refractivity contribution in [3.05, 3.63) is 41.3 Å². The standard InChI is InChI=1S/C16H19N3O3S/c1-23(21)12-8-6-11(7-9-12)18-16(20)17-10-14-13-4-2-3-5-15(13)22-19-14/h6-9H,2-5,10H2,1H3,(H2,17,18,20)/t23-/m0/s1. The molecule has 0 spiro atoms. The van der Waals surface area contributed by atoms with Crippen LogP contribution < -0.4 is 10.6 Å². The van der Waals surface area contributed by atoms with Crippen LogP contribution in [0.2, 0.25) is 0 Å². The van der Waals surface area contributed by atoms with Crippen LogP contribution in [0, 0.1) is 0 Å². The van der Waals surface area contributed by atoms with Crippen LogP contribution in [0.3, 0.4) is 0 Å². The van der Waals surface area contributed by atoms with Crippen molar-refractivity contribution in [2.45, 2.75) is 37.1 Å². The van der Waals surface area contributed by atoms with Crippen LogP contribution >= 0.6 is 0 Å². The number of aryl methyl sites for hydroxylation is 1. The largest absolute Gasteiger partial charge is 0.361 e. The van der Waals surface area contributed by atoms with Gasteiger partial charge in [-0.05, 0) is 43.5 Å². The zero-order valence-electron chi connectivity index (χ0n) is 12.9. The maximum absolute atomic E-state index is 12.0. The number of carbonyl (C=O) groups is 1. The van der Waals surface area contributed by atoms with E-state index in [1.165, 1.54) is 0 Å². The second-order valence-corrected chi connectivity index (χ2v) is 6.90. The Bertz CT molecular complexity index is 725. The number of hydrogen-bond acceptors (Lipinski definition) is 4. The minimum absolute atomic E-state index is 0.303. The molecule has 0 bridgehead atoms. The SMILES string of the molecule is C[S@](=O)c1ccc(NC(=O)NCc2noc3c2CCCC3)cc1. The van der Waals surface area contributed by atoms with Crippen molar-refractivity contribution in [2.24, 2.45) is 0 Å². The van der Waals surface area contributed by atoms with Gasteiger partial charge in [0.2, 0.25) is 0 Å². The Morgan fingerprint density at radius 2 is 2.00 bits per heavy atom. The molecule has 2 amide bonds. The van der Waals surface area contributed by atoms with E-state index in [0.29, 0.717) is 12.2 Å². The molecule has 1 aromatic heterocycles. The zero-order chi connectivity index (χ0) is 16.2. The number of rotatable bonds is 4. The molecule has 1 aromatic carbocycles. The molecule has 6 nitrogen and oxygen atoms in total. The van der Waals surface area contributed by atoms with Crippen molar-refractivity contribution in [1.82, 2.24) is 10.5 Å². The number of urea groups is 1. The lowest BCUT2D eigenvalue weighted by atomic mass is 9.96. The predicted octanol–water partition coefficient (Wildman–Crippen LogP) is 2.61. The van der Waals surface area contributed by atoms with E-state index in [-0.39, 0.29) is 6.03 Å². The van der Waals surface area contributed by atoms with Crippen molar-refractivity contribution >= 4 is 22.5 Å². The number of benzene rings is 1. The van der Waals surface area contributed by atoms with E-state index in [0.717, 1.165) is 47.6 Å². The Morgan fingerprint density at radius 3 is 2.74 bits per heavy atom. The summed E-state index contributed by atoms with van der Waals surface area (Å²) < 4.78 is 16.6. The van der Waals surface area contributed by atoms with Gasteiger partial charge in [-0.3, -0.25) is 4.21 Å². The maximum Gasteiger partial charge on any atom is 0.319 e. The van der Waals surface area contributed by atoms with Gasteiger partial charge in [-0.15, -0.1) is 0 Å². The van der Waals surface area contributed by atoms with E-state index in [1.54, 1.807) is 30.5 Å². The van der Waals surface area contributed by atoms with E-state index >= 15 is 0 Å². The van der Waals surface area contributed by atoms with Gasteiger partial charge < -0.3 is 15.2 Å². The second-order valence-electron chi connectivity index (χ2n) is 5.52. The molecule has 1 heterocycles. The monoisotopic (exact) mass is 333 g/mol. The number of aromatic nitrogens is 1. The first-order valence-corrected chi connectivity index (χ1v) is 9.14. The Hall–Kier alpha value is -2.15. The molecule has 2 N–H and O–H groups in total. The van der Waals surface area contributed by atoms with Gasteiger partial charge >= 0.3 is 6.03 Å². The molecule has 0 aliphatic heterocycles. The number of amides is 2. The predicted molar refractivity (Wildman–Crippen MR) is 87.8 cm³/mol. The first-order chi connectivity index (χ1) is 11.1. The highest BCUT2D eigenvalue weighted by molar-refractivity contribution is 7.84. The molecule has 7 heteroatoms. The Morgan fingerprint density at radius 1 is 1.26 bits per heavy atom. The highest BCUT2D eigenvalue weighted by Crippen LogP contribution is 2.24. The topological polar surface area (TPSA) is 84.2 Å². The summed E-state index contributed by atoms with van der Waals surface area (Å²) in [7, 11) is -1.02. The highest BCUT2D eigenvalue weighted by Gasteiger charge is 2.19. The van der Waals surface area contributed by atoms with Crippen molar-refractivity contribution < 1.29 is 13.5 Å². The van der Waals surface area contributed by atoms with Crippen LogP contribution in [0.4, 0.5) is 10.5 Å². The Kier molecular flexibility index (Phi) is 4.76. The first kappa shape index (κ1) is 15.7. The highest BCUT2D eigenvalue weighted by atomic mass is 32.2. The Labute approximate surface area is 137 Å². The van der Waals surface area contributed by atoms with Gasteiger partial charge in [0.1, 0.15) is 11.5 Å². The van der Waals surface area contributed by atoms with Crippen LogP contribution in [0.15, 0.2) is 33.7 Å². The van der Waals surface area contributed by atoms with E-state index in [2.05, 4.69) is 15.8 Å². The number of carbonyl (C=O) groups excluding carboxylic acids is 1. The third-order valence-corrected chi connectivity index (χ3v) is 4.83. The molecule has 0 fully saturated rings. The number of anilines is 1. The summed E-state index contributed by atoms with van der Waals surface area (Å²) >= 11 is 0. The first-order valence-electron chi connectivity index (χ1n) is 7.58. The third-order valence-electron chi connectivity index (χ3n) is 3.89. The van der Waals surface area contributed by atoms with Crippen LogP contribution in [0.5, 0.6) is 0 Å². The third kappa shape index (κ3) is 3.79. The lowest BCUT2D eigenvalue weighted by Crippen LogP contribution is -2.28. The maximum atomic E-state index is 12.0. The van der Waals surface area contributed by atoms with E-state index in [9.17, 15) is 9.00 Å². The minimum atomic E-state index is -1.02. The summed E-state index contributed by atoms with van der Waals surface area (Å²) in [5.41, 5.74) is 2.61. The van der Waals surface area contributed by atoms with E-state index in [1.807, 2.05) is 0 Å². The van der Waals surface area contributed by atoms with Gasteiger partial charge in [-0.2, -0.15) is 0 Å². The average Bonchev–Trinajstić information content (AvgIpc) is 2.97. The lowest BCUT2D eigenvalue weighted by molar-refractivity contribution is 0.251. The van der Waals surface area contributed by atoms with Gasteiger partial charge in [0.15, 0.2) is 0 Å². The molecule has 122 valence electrons. The summed E-state index contributed by atoms with van der Waals surface area (Å²) in [4.78, 5) is 12.7. The van der Waals surface area contributed by atoms with E-state index in [4.69, 9.17) is 4.52 Å². The number of nitrogens with one attached hydrogen (secondary N) is 2. The molecule has 1 aliphatic rings. The van der Waals surface area contributed by atoms with Gasteiger partial charge in [0.05, 0.1) is 6.54 Å². The molecule has 0 saturated carbocycles. The molecule has 0 saturated heterocycles. The molecular formula is C16H19N3O3S. The second kappa shape index (κ2) is 6.95. The molecule has 3 rings (SSSR count). The van der Waals surface area contributed by atoms with Crippen LogP contribution in [0.25, 0.3) is 0 Å². The van der Waals surface area contributed by atoms with Crippen molar-refractivity contribution in [3.8, 4) is 0 Å². The molecule has 23 heavy (non-hydrogen) atoms. The van der Waals surface area contributed by atoms with Crippen molar-refractivity contribution in [2.75, 3.05) is 11.6 Å². The molecule has 1 atom stereocenters. The van der Waals surface area contributed by atoms with Gasteiger partial charge in [-0.25, -0.2) is 4.79 Å².